The number of benzene rings is 1. The summed E-state index contributed by atoms with van der Waals surface area (Å²) in [5, 5.41) is 2.68. The first-order valence-corrected chi connectivity index (χ1v) is 5.31. The lowest BCUT2D eigenvalue weighted by atomic mass is 10.1. The summed E-state index contributed by atoms with van der Waals surface area (Å²) >= 11 is 4.89. The Hall–Kier alpha value is -1.68. The highest BCUT2D eigenvalue weighted by Gasteiger charge is 1.95. The molecule has 3 nitrogen and oxygen atoms in total. The molecule has 16 heavy (non-hydrogen) atoms. The zero-order chi connectivity index (χ0) is 12.0. The number of rotatable bonds is 4. The largest absolute Gasteiger partial charge is 0.389 e. The van der Waals surface area contributed by atoms with Crippen molar-refractivity contribution in [2.75, 3.05) is 6.54 Å². The average Bonchev–Trinajstić information content (AvgIpc) is 2.24. The van der Waals surface area contributed by atoms with Crippen molar-refractivity contribution in [2.24, 2.45) is 5.73 Å². The minimum absolute atomic E-state index is 0.0402. The molecule has 0 radical (unpaired) electrons. The molecule has 0 spiro atoms. The van der Waals surface area contributed by atoms with Gasteiger partial charge in [-0.25, -0.2) is 0 Å². The standard InChI is InChI=1S/C12H14N2OS/c1-9(15)14-7-3-5-10-4-2-6-11(8-10)12(13)16/h2-6,8H,7H2,1H3,(H2,13,16)(H,14,15). The predicted octanol–water partition coefficient (Wildman–Crippen LogP) is 1.47. The van der Waals surface area contributed by atoms with Crippen molar-refractivity contribution in [3.8, 4) is 0 Å². The first-order valence-electron chi connectivity index (χ1n) is 4.90. The minimum Gasteiger partial charge on any atom is -0.389 e. The lowest BCUT2D eigenvalue weighted by Gasteiger charge is -1.99. The molecule has 0 heterocycles. The van der Waals surface area contributed by atoms with E-state index in [1.54, 1.807) is 0 Å². The third-order valence-electron chi connectivity index (χ3n) is 1.95. The zero-order valence-corrected chi connectivity index (χ0v) is 9.88. The molecule has 0 atom stereocenters. The average molecular weight is 234 g/mol. The normalized spacial score (nSPS) is 10.3. The Balaban J connectivity index is 2.63. The van der Waals surface area contributed by atoms with Crippen molar-refractivity contribution in [1.29, 1.82) is 0 Å². The van der Waals surface area contributed by atoms with E-state index in [4.69, 9.17) is 18.0 Å². The van der Waals surface area contributed by atoms with Crippen molar-refractivity contribution in [2.45, 2.75) is 6.92 Å². The predicted molar refractivity (Wildman–Crippen MR) is 70.0 cm³/mol. The van der Waals surface area contributed by atoms with Crippen LogP contribution < -0.4 is 11.1 Å². The molecule has 3 N–H and O–H groups in total. The highest BCUT2D eigenvalue weighted by atomic mass is 32.1. The van der Waals surface area contributed by atoms with Crippen molar-refractivity contribution in [1.82, 2.24) is 5.32 Å². The fourth-order valence-electron chi connectivity index (χ4n) is 1.19. The van der Waals surface area contributed by atoms with Crippen LogP contribution in [0.15, 0.2) is 30.3 Å². The van der Waals surface area contributed by atoms with Gasteiger partial charge in [0.1, 0.15) is 4.99 Å². The van der Waals surface area contributed by atoms with E-state index in [1.807, 2.05) is 36.4 Å². The molecule has 0 aliphatic carbocycles. The number of hydrogen-bond donors (Lipinski definition) is 2. The minimum atomic E-state index is -0.0402. The van der Waals surface area contributed by atoms with Gasteiger partial charge in [0.2, 0.25) is 5.91 Å². The molecule has 0 bridgehead atoms. The molecule has 84 valence electrons. The second kappa shape index (κ2) is 6.02. The summed E-state index contributed by atoms with van der Waals surface area (Å²) < 4.78 is 0. The van der Waals surface area contributed by atoms with Gasteiger partial charge in [-0.3, -0.25) is 4.79 Å². The zero-order valence-electron chi connectivity index (χ0n) is 9.07. The van der Waals surface area contributed by atoms with Crippen molar-refractivity contribution in [3.05, 3.63) is 41.5 Å². The highest BCUT2D eigenvalue weighted by Crippen LogP contribution is 2.06. The summed E-state index contributed by atoms with van der Waals surface area (Å²) in [6, 6.07) is 7.62. The molecule has 0 fully saturated rings. The maximum Gasteiger partial charge on any atom is 0.217 e. The molecule has 1 aromatic rings. The maximum atomic E-state index is 10.6. The molecule has 1 rings (SSSR count). The van der Waals surface area contributed by atoms with Gasteiger partial charge in [-0.05, 0) is 11.6 Å². The Bertz CT molecular complexity index is 427. The van der Waals surface area contributed by atoms with Gasteiger partial charge in [-0.2, -0.15) is 0 Å². The van der Waals surface area contributed by atoms with Crippen molar-refractivity contribution < 1.29 is 4.79 Å². The fraction of sp³-hybridized carbons (Fsp3) is 0.167. The summed E-state index contributed by atoms with van der Waals surface area (Å²) in [6.45, 7) is 2.01. The van der Waals surface area contributed by atoms with E-state index in [0.29, 0.717) is 11.5 Å². The summed E-state index contributed by atoms with van der Waals surface area (Å²) in [4.78, 5) is 11.0. The Morgan fingerprint density at radius 2 is 2.31 bits per heavy atom. The number of thiocarbonyl (C=S) groups is 1. The van der Waals surface area contributed by atoms with Crippen LogP contribution in [-0.4, -0.2) is 17.4 Å². The van der Waals surface area contributed by atoms with Gasteiger partial charge < -0.3 is 11.1 Å². The topological polar surface area (TPSA) is 55.1 Å². The van der Waals surface area contributed by atoms with Crippen molar-refractivity contribution in [3.63, 3.8) is 0 Å². The number of amides is 1. The first kappa shape index (κ1) is 12.4. The van der Waals surface area contributed by atoms with E-state index in [9.17, 15) is 4.79 Å². The van der Waals surface area contributed by atoms with Gasteiger partial charge >= 0.3 is 0 Å². The molecule has 1 aromatic carbocycles. The second-order valence-corrected chi connectivity index (χ2v) is 3.77. The van der Waals surface area contributed by atoms with Crippen LogP contribution >= 0.6 is 12.2 Å². The third kappa shape index (κ3) is 4.23. The van der Waals surface area contributed by atoms with Gasteiger partial charge in [-0.1, -0.05) is 42.6 Å². The molecule has 1 amide bonds. The Morgan fingerprint density at radius 1 is 1.56 bits per heavy atom. The van der Waals surface area contributed by atoms with Crippen LogP contribution in [0.4, 0.5) is 0 Å². The Labute approximate surface area is 100 Å². The summed E-state index contributed by atoms with van der Waals surface area (Å²) in [5.74, 6) is -0.0402. The van der Waals surface area contributed by atoms with E-state index in [2.05, 4.69) is 5.32 Å². The number of carbonyl (C=O) groups excluding carboxylic acids is 1. The van der Waals surface area contributed by atoms with Gasteiger partial charge in [0, 0.05) is 19.0 Å². The van der Waals surface area contributed by atoms with Crippen LogP contribution in [0.1, 0.15) is 18.1 Å². The van der Waals surface area contributed by atoms with Crippen LogP contribution in [0.25, 0.3) is 6.08 Å². The van der Waals surface area contributed by atoms with Crippen LogP contribution in [0.3, 0.4) is 0 Å². The van der Waals surface area contributed by atoms with E-state index in [0.717, 1.165) is 11.1 Å². The SMILES string of the molecule is CC(=O)NCC=Cc1cccc(C(N)=S)c1. The van der Waals surface area contributed by atoms with E-state index in [-0.39, 0.29) is 5.91 Å². The molecule has 0 unspecified atom stereocenters. The molecule has 0 aliphatic heterocycles. The molecule has 0 aromatic heterocycles. The number of nitrogens with one attached hydrogen (secondary N) is 1. The summed E-state index contributed by atoms with van der Waals surface area (Å²) in [7, 11) is 0. The Morgan fingerprint density at radius 3 is 2.94 bits per heavy atom. The van der Waals surface area contributed by atoms with Crippen LogP contribution in [0.2, 0.25) is 0 Å². The quantitative estimate of drug-likeness (QED) is 0.776. The summed E-state index contributed by atoms with van der Waals surface area (Å²) in [6.07, 6.45) is 3.79. The van der Waals surface area contributed by atoms with Gasteiger partial charge in [0.05, 0.1) is 0 Å². The molecular formula is C12H14N2OS. The number of carbonyl (C=O) groups is 1. The van der Waals surface area contributed by atoms with Crippen LogP contribution in [0, 0.1) is 0 Å². The second-order valence-electron chi connectivity index (χ2n) is 3.33. The monoisotopic (exact) mass is 234 g/mol. The van der Waals surface area contributed by atoms with E-state index < -0.39 is 0 Å². The van der Waals surface area contributed by atoms with Gasteiger partial charge in [-0.15, -0.1) is 0 Å². The third-order valence-corrected chi connectivity index (χ3v) is 2.19. The lowest BCUT2D eigenvalue weighted by Crippen LogP contribution is -2.19. The lowest BCUT2D eigenvalue weighted by molar-refractivity contribution is -0.118. The number of nitrogens with two attached hydrogens (primary N) is 1. The highest BCUT2D eigenvalue weighted by molar-refractivity contribution is 7.80. The number of hydrogen-bond acceptors (Lipinski definition) is 2. The Kier molecular flexibility index (Phi) is 4.66. The fourth-order valence-corrected chi connectivity index (χ4v) is 1.32. The van der Waals surface area contributed by atoms with Crippen LogP contribution in [-0.2, 0) is 4.79 Å². The molecular weight excluding hydrogens is 220 g/mol. The molecule has 0 saturated carbocycles. The van der Waals surface area contributed by atoms with Crippen molar-refractivity contribution >= 4 is 29.2 Å². The molecule has 4 heteroatoms. The molecule has 0 aliphatic rings. The van der Waals surface area contributed by atoms with E-state index >= 15 is 0 Å². The smallest absolute Gasteiger partial charge is 0.217 e. The van der Waals surface area contributed by atoms with E-state index in [1.165, 1.54) is 6.92 Å². The van der Waals surface area contributed by atoms with Gasteiger partial charge in [0.25, 0.3) is 0 Å². The summed E-state index contributed by atoms with van der Waals surface area (Å²) in [5.41, 5.74) is 7.38. The maximum absolute atomic E-state index is 10.6. The van der Waals surface area contributed by atoms with Crippen LogP contribution in [0.5, 0.6) is 0 Å². The first-order chi connectivity index (χ1) is 7.59. The molecule has 0 saturated heterocycles. The van der Waals surface area contributed by atoms with Gasteiger partial charge in [0.15, 0.2) is 0 Å².